The van der Waals surface area contributed by atoms with Gasteiger partial charge in [0.05, 0.1) is 6.42 Å². The van der Waals surface area contributed by atoms with Gasteiger partial charge in [0.15, 0.2) is 0 Å². The van der Waals surface area contributed by atoms with Gasteiger partial charge in [0.25, 0.3) is 5.56 Å². The Morgan fingerprint density at radius 2 is 2.00 bits per heavy atom. The summed E-state index contributed by atoms with van der Waals surface area (Å²) in [6.07, 6.45) is -3.37. The smallest absolute Gasteiger partial charge is 0.315 e. The second kappa shape index (κ2) is 5.69. The average molecular weight is 234 g/mol. The van der Waals surface area contributed by atoms with E-state index in [4.69, 9.17) is 0 Å². The van der Waals surface area contributed by atoms with E-state index in [9.17, 15) is 18.0 Å². The topological polar surface area (TPSA) is 34.0 Å². The second-order valence-electron chi connectivity index (χ2n) is 3.35. The van der Waals surface area contributed by atoms with Crippen LogP contribution in [0.25, 0.3) is 0 Å². The summed E-state index contributed by atoms with van der Waals surface area (Å²) in [5, 5.41) is 2.64. The quantitative estimate of drug-likeness (QED) is 0.781. The molecule has 90 valence electrons. The first-order chi connectivity index (χ1) is 7.49. The normalized spacial score (nSPS) is 11.7. The molecular weight excluding hydrogens is 221 g/mol. The van der Waals surface area contributed by atoms with Gasteiger partial charge in [-0.1, -0.05) is 6.07 Å². The van der Waals surface area contributed by atoms with Crippen molar-refractivity contribution in [1.29, 1.82) is 0 Å². The molecule has 0 aliphatic rings. The minimum atomic E-state index is -4.13. The Hall–Kier alpha value is -1.30. The lowest BCUT2D eigenvalue weighted by atomic mass is 10.4. The Bertz CT molecular complexity index is 373. The highest BCUT2D eigenvalue weighted by Gasteiger charge is 2.25. The molecule has 6 heteroatoms. The predicted molar refractivity (Wildman–Crippen MR) is 54.2 cm³/mol. The van der Waals surface area contributed by atoms with E-state index in [1.165, 1.54) is 10.6 Å². The number of rotatable bonds is 5. The van der Waals surface area contributed by atoms with Crippen LogP contribution in [-0.4, -0.2) is 23.8 Å². The van der Waals surface area contributed by atoms with Crippen molar-refractivity contribution in [3.05, 3.63) is 34.7 Å². The number of aromatic nitrogens is 1. The molecule has 0 saturated heterocycles. The SMILES string of the molecule is O=c1ccccn1CCNCCC(F)(F)F. The van der Waals surface area contributed by atoms with Gasteiger partial charge >= 0.3 is 6.18 Å². The molecule has 0 aliphatic carbocycles. The van der Waals surface area contributed by atoms with Crippen LogP contribution in [0.15, 0.2) is 29.2 Å². The Morgan fingerprint density at radius 1 is 1.25 bits per heavy atom. The molecule has 1 aromatic heterocycles. The summed E-state index contributed by atoms with van der Waals surface area (Å²) in [5.74, 6) is 0. The molecule has 0 unspecified atom stereocenters. The number of nitrogens with zero attached hydrogens (tertiary/aromatic N) is 1. The van der Waals surface area contributed by atoms with Crippen LogP contribution in [0.5, 0.6) is 0 Å². The van der Waals surface area contributed by atoms with E-state index in [1.54, 1.807) is 18.3 Å². The van der Waals surface area contributed by atoms with Gasteiger partial charge in [-0.25, -0.2) is 0 Å². The van der Waals surface area contributed by atoms with Crippen LogP contribution in [0, 0.1) is 0 Å². The molecular formula is C10H13F3N2O. The number of alkyl halides is 3. The van der Waals surface area contributed by atoms with Gasteiger partial charge < -0.3 is 9.88 Å². The summed E-state index contributed by atoms with van der Waals surface area (Å²) in [6.45, 7) is 0.600. The fraction of sp³-hybridized carbons (Fsp3) is 0.500. The standard InChI is InChI=1S/C10H13F3N2O/c11-10(12,13)4-5-14-6-8-15-7-2-1-3-9(15)16/h1-3,7,14H,4-6,8H2. The van der Waals surface area contributed by atoms with Gasteiger partial charge in [-0.15, -0.1) is 0 Å². The number of halogens is 3. The van der Waals surface area contributed by atoms with Crippen LogP contribution in [0.3, 0.4) is 0 Å². The zero-order chi connectivity index (χ0) is 12.0. The van der Waals surface area contributed by atoms with Crippen molar-refractivity contribution in [2.75, 3.05) is 13.1 Å². The van der Waals surface area contributed by atoms with Gasteiger partial charge in [-0.2, -0.15) is 13.2 Å². The molecule has 0 bridgehead atoms. The van der Waals surface area contributed by atoms with E-state index in [0.717, 1.165) is 0 Å². The third kappa shape index (κ3) is 4.97. The highest BCUT2D eigenvalue weighted by molar-refractivity contribution is 4.93. The van der Waals surface area contributed by atoms with Crippen LogP contribution in [-0.2, 0) is 6.54 Å². The van der Waals surface area contributed by atoms with E-state index < -0.39 is 12.6 Å². The molecule has 16 heavy (non-hydrogen) atoms. The predicted octanol–water partition coefficient (Wildman–Crippen LogP) is 1.39. The summed E-state index contributed by atoms with van der Waals surface area (Å²) in [6, 6.07) is 4.74. The Morgan fingerprint density at radius 3 is 2.62 bits per heavy atom. The third-order valence-electron chi connectivity index (χ3n) is 2.01. The van der Waals surface area contributed by atoms with Gasteiger partial charge in [0, 0.05) is 31.9 Å². The van der Waals surface area contributed by atoms with Crippen molar-refractivity contribution >= 4 is 0 Å². The first-order valence-electron chi connectivity index (χ1n) is 4.92. The third-order valence-corrected chi connectivity index (χ3v) is 2.01. The maximum atomic E-state index is 11.8. The lowest BCUT2D eigenvalue weighted by Crippen LogP contribution is -2.28. The maximum absolute atomic E-state index is 11.8. The molecule has 0 amide bonds. The van der Waals surface area contributed by atoms with Crippen molar-refractivity contribution in [3.8, 4) is 0 Å². The van der Waals surface area contributed by atoms with Crippen molar-refractivity contribution < 1.29 is 13.2 Å². The monoisotopic (exact) mass is 234 g/mol. The first kappa shape index (κ1) is 12.8. The highest BCUT2D eigenvalue weighted by Crippen LogP contribution is 2.17. The molecule has 0 spiro atoms. The van der Waals surface area contributed by atoms with Crippen LogP contribution >= 0.6 is 0 Å². The summed E-state index contributed by atoms with van der Waals surface area (Å²) in [5.41, 5.74) is -0.153. The van der Waals surface area contributed by atoms with E-state index in [-0.39, 0.29) is 12.1 Å². The van der Waals surface area contributed by atoms with Gasteiger partial charge in [-0.05, 0) is 6.07 Å². The minimum Gasteiger partial charge on any atom is -0.315 e. The molecule has 1 rings (SSSR count). The van der Waals surface area contributed by atoms with Crippen LogP contribution in [0.2, 0.25) is 0 Å². The minimum absolute atomic E-state index is 0.120. The zero-order valence-electron chi connectivity index (χ0n) is 8.63. The fourth-order valence-electron chi connectivity index (χ4n) is 1.20. The van der Waals surface area contributed by atoms with Crippen molar-refractivity contribution in [1.82, 2.24) is 9.88 Å². The molecule has 0 aromatic carbocycles. The van der Waals surface area contributed by atoms with E-state index in [2.05, 4.69) is 5.32 Å². The number of nitrogens with one attached hydrogen (secondary N) is 1. The zero-order valence-corrected chi connectivity index (χ0v) is 8.63. The lowest BCUT2D eigenvalue weighted by molar-refractivity contribution is -0.133. The maximum Gasteiger partial charge on any atom is 0.390 e. The van der Waals surface area contributed by atoms with Crippen molar-refractivity contribution in [2.45, 2.75) is 19.1 Å². The van der Waals surface area contributed by atoms with Crippen LogP contribution in [0.1, 0.15) is 6.42 Å². The summed E-state index contributed by atoms with van der Waals surface area (Å²) >= 11 is 0. The van der Waals surface area contributed by atoms with Gasteiger partial charge in [-0.3, -0.25) is 4.79 Å². The number of hydrogen-bond acceptors (Lipinski definition) is 2. The second-order valence-corrected chi connectivity index (χ2v) is 3.35. The summed E-state index contributed by atoms with van der Waals surface area (Å²) in [7, 11) is 0. The highest BCUT2D eigenvalue weighted by atomic mass is 19.4. The Kier molecular flexibility index (Phi) is 4.54. The summed E-state index contributed by atoms with van der Waals surface area (Å²) < 4.78 is 36.8. The van der Waals surface area contributed by atoms with E-state index in [1.807, 2.05) is 0 Å². The van der Waals surface area contributed by atoms with Crippen LogP contribution in [0.4, 0.5) is 13.2 Å². The Balaban J connectivity index is 2.22. The summed E-state index contributed by atoms with van der Waals surface area (Å²) in [4.78, 5) is 11.2. The average Bonchev–Trinajstić information content (AvgIpc) is 2.18. The number of pyridine rings is 1. The molecule has 0 saturated carbocycles. The molecule has 0 radical (unpaired) electrons. The van der Waals surface area contributed by atoms with E-state index >= 15 is 0 Å². The van der Waals surface area contributed by atoms with Crippen molar-refractivity contribution in [2.24, 2.45) is 0 Å². The largest absolute Gasteiger partial charge is 0.390 e. The molecule has 1 heterocycles. The molecule has 1 aromatic rings. The number of hydrogen-bond donors (Lipinski definition) is 1. The molecule has 0 fully saturated rings. The van der Waals surface area contributed by atoms with E-state index in [0.29, 0.717) is 13.1 Å². The lowest BCUT2D eigenvalue weighted by Gasteiger charge is -2.08. The van der Waals surface area contributed by atoms with Gasteiger partial charge in [0.1, 0.15) is 0 Å². The molecule has 1 N–H and O–H groups in total. The van der Waals surface area contributed by atoms with Crippen LogP contribution < -0.4 is 10.9 Å². The molecule has 0 aliphatic heterocycles. The van der Waals surface area contributed by atoms with Gasteiger partial charge in [0.2, 0.25) is 0 Å². The first-order valence-corrected chi connectivity index (χ1v) is 4.92. The van der Waals surface area contributed by atoms with Crippen molar-refractivity contribution in [3.63, 3.8) is 0 Å². The molecule has 0 atom stereocenters. The molecule has 3 nitrogen and oxygen atoms in total. The fourth-order valence-corrected chi connectivity index (χ4v) is 1.20. The Labute approximate surface area is 90.9 Å².